The van der Waals surface area contributed by atoms with Gasteiger partial charge in [0.15, 0.2) is 0 Å². The monoisotopic (exact) mass is 399 g/mol. The van der Waals surface area contributed by atoms with E-state index in [0.717, 1.165) is 51.3 Å². The third-order valence-corrected chi connectivity index (χ3v) is 6.13. The summed E-state index contributed by atoms with van der Waals surface area (Å²) in [4.78, 5) is 33.4. The highest BCUT2D eigenvalue weighted by Gasteiger charge is 2.30. The van der Waals surface area contributed by atoms with Crippen molar-refractivity contribution >= 4 is 11.8 Å². The minimum Gasteiger partial charge on any atom is -0.357 e. The molecule has 4 heterocycles. The highest BCUT2D eigenvalue weighted by atomic mass is 16.2. The Morgan fingerprint density at radius 2 is 2.03 bits per heavy atom. The molecule has 2 aliphatic heterocycles. The van der Waals surface area contributed by atoms with E-state index in [1.54, 1.807) is 11.1 Å². The molecule has 0 unspecified atom stereocenters. The second-order valence-corrected chi connectivity index (χ2v) is 8.16. The first-order valence-corrected chi connectivity index (χ1v) is 10.3. The molecule has 4 rings (SSSR count). The molecule has 0 radical (unpaired) electrons. The van der Waals surface area contributed by atoms with Crippen LogP contribution in [0.4, 0.5) is 0 Å². The molecule has 0 aliphatic carbocycles. The molecule has 2 aromatic heterocycles. The molecule has 2 aliphatic rings. The summed E-state index contributed by atoms with van der Waals surface area (Å²) >= 11 is 0. The van der Waals surface area contributed by atoms with E-state index in [1.807, 2.05) is 41.9 Å². The summed E-state index contributed by atoms with van der Waals surface area (Å²) in [5.41, 5.74) is 1.55. The molecule has 9 heteroatoms. The lowest BCUT2D eigenvalue weighted by molar-refractivity contribution is -0.139. The molecule has 0 spiro atoms. The van der Waals surface area contributed by atoms with Gasteiger partial charge in [-0.2, -0.15) is 0 Å². The summed E-state index contributed by atoms with van der Waals surface area (Å²) in [6, 6.07) is 3.54. The number of rotatable bonds is 5. The van der Waals surface area contributed by atoms with E-state index < -0.39 is 0 Å². The molecule has 2 fully saturated rings. The molecule has 0 aromatic carbocycles. The summed E-state index contributed by atoms with van der Waals surface area (Å²) in [7, 11) is 1.85. The summed E-state index contributed by atoms with van der Waals surface area (Å²) < 4.78 is 1.91. The Bertz CT molecular complexity index is 839. The maximum atomic E-state index is 12.4. The van der Waals surface area contributed by atoms with Crippen LogP contribution in [0.15, 0.2) is 24.5 Å². The number of hydrogen-bond acceptors (Lipinski definition) is 5. The van der Waals surface area contributed by atoms with E-state index in [0.29, 0.717) is 18.2 Å². The van der Waals surface area contributed by atoms with Gasteiger partial charge < -0.3 is 14.8 Å². The van der Waals surface area contributed by atoms with Crippen molar-refractivity contribution in [2.45, 2.75) is 38.9 Å². The topological polar surface area (TPSA) is 90.4 Å². The van der Waals surface area contributed by atoms with Gasteiger partial charge in [-0.05, 0) is 37.8 Å². The second kappa shape index (κ2) is 8.36. The van der Waals surface area contributed by atoms with Crippen molar-refractivity contribution in [3.05, 3.63) is 35.9 Å². The molecule has 1 N–H and O–H groups in total. The maximum Gasteiger partial charge on any atom is 0.270 e. The van der Waals surface area contributed by atoms with Gasteiger partial charge in [-0.3, -0.25) is 19.2 Å². The van der Waals surface area contributed by atoms with Crippen molar-refractivity contribution in [3.63, 3.8) is 0 Å². The number of amides is 2. The van der Waals surface area contributed by atoms with E-state index in [-0.39, 0.29) is 17.9 Å². The van der Waals surface area contributed by atoms with Crippen LogP contribution in [0, 0.1) is 5.92 Å². The number of piperazine rings is 1. The lowest BCUT2D eigenvalue weighted by atomic mass is 9.96. The predicted octanol–water partition coefficient (Wildman–Crippen LogP) is 0.821. The number of piperidine rings is 1. The molecule has 9 nitrogen and oxygen atoms in total. The SMILES string of the molecule is C[C@@H]1C(=O)N(C)CCN1Cc1cn(CC2CCN(C(=O)c3ccc[nH]3)CC2)nn1. The number of carbonyl (C=O) groups is 2. The molecule has 1 atom stereocenters. The van der Waals surface area contributed by atoms with Crippen molar-refractivity contribution in [3.8, 4) is 0 Å². The Hall–Kier alpha value is -2.68. The third-order valence-electron chi connectivity index (χ3n) is 6.13. The average molecular weight is 399 g/mol. The number of hydrogen-bond donors (Lipinski definition) is 1. The van der Waals surface area contributed by atoms with Crippen LogP contribution in [0.3, 0.4) is 0 Å². The average Bonchev–Trinajstić information content (AvgIpc) is 3.41. The number of nitrogens with zero attached hydrogens (tertiary/aromatic N) is 6. The van der Waals surface area contributed by atoms with Crippen molar-refractivity contribution in [2.24, 2.45) is 5.92 Å². The van der Waals surface area contributed by atoms with Crippen LogP contribution in [-0.4, -0.2) is 85.8 Å². The van der Waals surface area contributed by atoms with Crippen LogP contribution in [-0.2, 0) is 17.9 Å². The van der Waals surface area contributed by atoms with Crippen LogP contribution in [0.2, 0.25) is 0 Å². The fourth-order valence-corrected chi connectivity index (χ4v) is 4.20. The number of nitrogens with one attached hydrogen (secondary N) is 1. The number of likely N-dealkylation sites (tertiary alicyclic amines) is 1. The molecule has 2 amide bonds. The molecule has 2 aromatic rings. The van der Waals surface area contributed by atoms with E-state index >= 15 is 0 Å². The lowest BCUT2D eigenvalue weighted by Crippen LogP contribution is -2.53. The number of H-pyrrole nitrogens is 1. The van der Waals surface area contributed by atoms with Crippen molar-refractivity contribution in [1.29, 1.82) is 0 Å². The molecule has 29 heavy (non-hydrogen) atoms. The van der Waals surface area contributed by atoms with Crippen LogP contribution in [0.1, 0.15) is 35.9 Å². The first-order chi connectivity index (χ1) is 14.0. The van der Waals surface area contributed by atoms with E-state index in [2.05, 4.69) is 20.2 Å². The van der Waals surface area contributed by atoms with Crippen LogP contribution < -0.4 is 0 Å². The number of likely N-dealkylation sites (N-methyl/N-ethyl adjacent to an activating group) is 1. The highest BCUT2D eigenvalue weighted by Crippen LogP contribution is 2.20. The molecular formula is C20H29N7O2. The Kier molecular flexibility index (Phi) is 5.66. The van der Waals surface area contributed by atoms with E-state index in [9.17, 15) is 9.59 Å². The van der Waals surface area contributed by atoms with Crippen molar-refractivity contribution in [1.82, 2.24) is 34.7 Å². The van der Waals surface area contributed by atoms with Gasteiger partial charge in [0.05, 0.1) is 11.7 Å². The smallest absolute Gasteiger partial charge is 0.270 e. The maximum absolute atomic E-state index is 12.4. The van der Waals surface area contributed by atoms with Crippen molar-refractivity contribution < 1.29 is 9.59 Å². The number of carbonyl (C=O) groups excluding carboxylic acids is 2. The fraction of sp³-hybridized carbons (Fsp3) is 0.600. The van der Waals surface area contributed by atoms with Crippen LogP contribution in [0.5, 0.6) is 0 Å². The Labute approximate surface area is 170 Å². The van der Waals surface area contributed by atoms with E-state index in [1.165, 1.54) is 0 Å². The summed E-state index contributed by atoms with van der Waals surface area (Å²) in [5.74, 6) is 0.720. The zero-order valence-electron chi connectivity index (χ0n) is 17.1. The van der Waals surface area contributed by atoms with Crippen LogP contribution in [0.25, 0.3) is 0 Å². The zero-order valence-corrected chi connectivity index (χ0v) is 17.1. The molecular weight excluding hydrogens is 370 g/mol. The quantitative estimate of drug-likeness (QED) is 0.804. The normalized spacial score (nSPS) is 21.7. The van der Waals surface area contributed by atoms with Crippen LogP contribution >= 0.6 is 0 Å². The number of aromatic nitrogens is 4. The Morgan fingerprint density at radius 1 is 1.24 bits per heavy atom. The van der Waals surface area contributed by atoms with Gasteiger partial charge in [0, 0.05) is 58.7 Å². The largest absolute Gasteiger partial charge is 0.357 e. The van der Waals surface area contributed by atoms with E-state index in [4.69, 9.17) is 0 Å². The van der Waals surface area contributed by atoms with Gasteiger partial charge in [0.2, 0.25) is 5.91 Å². The minimum atomic E-state index is -0.125. The number of aromatic amines is 1. The summed E-state index contributed by atoms with van der Waals surface area (Å²) in [6.45, 7) is 6.54. The fourth-order valence-electron chi connectivity index (χ4n) is 4.20. The molecule has 2 saturated heterocycles. The van der Waals surface area contributed by atoms with Gasteiger partial charge >= 0.3 is 0 Å². The van der Waals surface area contributed by atoms with Gasteiger partial charge in [-0.1, -0.05) is 5.21 Å². The van der Waals surface area contributed by atoms with Gasteiger partial charge in [0.1, 0.15) is 5.69 Å². The summed E-state index contributed by atoms with van der Waals surface area (Å²) in [5, 5.41) is 8.60. The standard InChI is InChI=1S/C20H29N7O2/c1-15-19(28)24(2)10-11-26(15)13-17-14-27(23-22-17)12-16-5-8-25(9-6-16)20(29)18-4-3-7-21-18/h3-4,7,14-16,21H,5-6,8-13H2,1-2H3/t15-/m1/s1. The Morgan fingerprint density at radius 3 is 2.76 bits per heavy atom. The zero-order chi connectivity index (χ0) is 20.4. The summed E-state index contributed by atoms with van der Waals surface area (Å²) in [6.07, 6.45) is 5.70. The lowest BCUT2D eigenvalue weighted by Gasteiger charge is -2.36. The molecule has 0 saturated carbocycles. The predicted molar refractivity (Wildman–Crippen MR) is 107 cm³/mol. The van der Waals surface area contributed by atoms with Gasteiger partial charge in [-0.25, -0.2) is 0 Å². The third kappa shape index (κ3) is 4.34. The minimum absolute atomic E-state index is 0.0762. The molecule has 0 bridgehead atoms. The van der Waals surface area contributed by atoms with Gasteiger partial charge in [0.25, 0.3) is 5.91 Å². The van der Waals surface area contributed by atoms with Crippen molar-refractivity contribution in [2.75, 3.05) is 33.2 Å². The molecule has 156 valence electrons. The first-order valence-electron chi connectivity index (χ1n) is 10.3. The Balaban J connectivity index is 1.27. The van der Waals surface area contributed by atoms with Gasteiger partial charge in [-0.15, -0.1) is 5.10 Å². The highest BCUT2D eigenvalue weighted by molar-refractivity contribution is 5.92. The first kappa shape index (κ1) is 19.6. The second-order valence-electron chi connectivity index (χ2n) is 8.16.